The van der Waals surface area contributed by atoms with Crippen LogP contribution in [0.5, 0.6) is 0 Å². The van der Waals surface area contributed by atoms with Gasteiger partial charge in [0.05, 0.1) is 10.6 Å². The fourth-order valence-corrected chi connectivity index (χ4v) is 2.90. The topological polar surface area (TPSA) is 101 Å². The van der Waals surface area contributed by atoms with Crippen molar-refractivity contribution in [2.45, 2.75) is 30.2 Å². The van der Waals surface area contributed by atoms with E-state index in [4.69, 9.17) is 10.2 Å². The third-order valence-electron chi connectivity index (χ3n) is 3.34. The maximum Gasteiger partial charge on any atom is 0.326 e. The van der Waals surface area contributed by atoms with Gasteiger partial charge >= 0.3 is 5.97 Å². The molecule has 20 heavy (non-hydrogen) atoms. The Labute approximate surface area is 116 Å². The van der Waals surface area contributed by atoms with Crippen LogP contribution in [0.25, 0.3) is 0 Å². The third kappa shape index (κ3) is 2.91. The van der Waals surface area contributed by atoms with Gasteiger partial charge in [-0.1, -0.05) is 0 Å². The molecule has 0 aliphatic carbocycles. The van der Waals surface area contributed by atoms with Crippen LogP contribution in [-0.2, 0) is 14.8 Å². The van der Waals surface area contributed by atoms with Gasteiger partial charge in [-0.05, 0) is 37.5 Å². The minimum Gasteiger partial charge on any atom is -0.480 e. The largest absolute Gasteiger partial charge is 0.480 e. The number of carboxylic acids is 1. The number of nitrogens with two attached hydrogens (primary N) is 1. The Hall–Kier alpha value is -1.67. The number of nitrogens with zero attached hydrogens (tertiary/aromatic N) is 1. The Kier molecular flexibility index (Phi) is 3.96. The van der Waals surface area contributed by atoms with Gasteiger partial charge in [-0.15, -0.1) is 0 Å². The lowest BCUT2D eigenvalue weighted by molar-refractivity contribution is -0.139. The molecule has 0 bridgehead atoms. The first-order valence-electron chi connectivity index (χ1n) is 6.12. The van der Waals surface area contributed by atoms with Gasteiger partial charge in [-0.2, -0.15) is 0 Å². The average molecular weight is 302 g/mol. The summed E-state index contributed by atoms with van der Waals surface area (Å²) in [6.45, 7) is 0.419. The summed E-state index contributed by atoms with van der Waals surface area (Å²) in [4.78, 5) is 12.3. The Bertz CT molecular complexity index is 632. The van der Waals surface area contributed by atoms with Gasteiger partial charge in [-0.25, -0.2) is 22.7 Å². The number of carbonyl (C=O) groups is 1. The van der Waals surface area contributed by atoms with Crippen molar-refractivity contribution in [1.29, 1.82) is 0 Å². The van der Waals surface area contributed by atoms with Crippen molar-refractivity contribution in [3.8, 4) is 0 Å². The zero-order valence-corrected chi connectivity index (χ0v) is 11.4. The second-order valence-corrected chi connectivity index (χ2v) is 6.26. The van der Waals surface area contributed by atoms with Crippen LogP contribution in [0, 0.1) is 5.82 Å². The van der Waals surface area contributed by atoms with Gasteiger partial charge in [0.2, 0.25) is 10.0 Å². The van der Waals surface area contributed by atoms with E-state index in [0.29, 0.717) is 13.0 Å². The van der Waals surface area contributed by atoms with Gasteiger partial charge < -0.3 is 10.0 Å². The van der Waals surface area contributed by atoms with E-state index in [9.17, 15) is 17.6 Å². The molecule has 8 heteroatoms. The lowest BCUT2D eigenvalue weighted by Crippen LogP contribution is -2.45. The SMILES string of the molecule is NS(=O)(=O)c1ccc(N2CCCCC2C(=O)O)c(F)c1. The van der Waals surface area contributed by atoms with Crippen molar-refractivity contribution in [3.05, 3.63) is 24.0 Å². The van der Waals surface area contributed by atoms with Crippen molar-refractivity contribution < 1.29 is 22.7 Å². The molecule has 1 heterocycles. The maximum absolute atomic E-state index is 14.0. The van der Waals surface area contributed by atoms with E-state index in [2.05, 4.69) is 0 Å². The van der Waals surface area contributed by atoms with Crippen LogP contribution in [0.15, 0.2) is 23.1 Å². The predicted molar refractivity (Wildman–Crippen MR) is 70.4 cm³/mol. The van der Waals surface area contributed by atoms with Crippen molar-refractivity contribution >= 4 is 21.7 Å². The van der Waals surface area contributed by atoms with Gasteiger partial charge in [-0.3, -0.25) is 0 Å². The molecule has 1 fully saturated rings. The van der Waals surface area contributed by atoms with E-state index >= 15 is 0 Å². The highest BCUT2D eigenvalue weighted by atomic mass is 32.2. The molecule has 1 aromatic carbocycles. The fourth-order valence-electron chi connectivity index (χ4n) is 2.37. The van der Waals surface area contributed by atoms with Crippen LogP contribution in [0.2, 0.25) is 0 Å². The molecule has 1 unspecified atom stereocenters. The van der Waals surface area contributed by atoms with E-state index in [1.807, 2.05) is 0 Å². The molecule has 0 spiro atoms. The number of rotatable bonds is 3. The number of primary sulfonamides is 1. The summed E-state index contributed by atoms with van der Waals surface area (Å²) >= 11 is 0. The molecule has 2 rings (SSSR count). The maximum atomic E-state index is 14.0. The molecule has 0 radical (unpaired) electrons. The highest BCUT2D eigenvalue weighted by Crippen LogP contribution is 2.28. The van der Waals surface area contributed by atoms with E-state index in [-0.39, 0.29) is 10.6 Å². The number of carboxylic acid groups (broad SMARTS) is 1. The van der Waals surface area contributed by atoms with Crippen molar-refractivity contribution in [1.82, 2.24) is 0 Å². The third-order valence-corrected chi connectivity index (χ3v) is 4.26. The summed E-state index contributed by atoms with van der Waals surface area (Å²) in [6, 6.07) is 2.47. The lowest BCUT2D eigenvalue weighted by atomic mass is 10.0. The van der Waals surface area contributed by atoms with Crippen LogP contribution < -0.4 is 10.0 Å². The van der Waals surface area contributed by atoms with Crippen molar-refractivity contribution in [2.24, 2.45) is 5.14 Å². The number of benzene rings is 1. The first kappa shape index (κ1) is 14.7. The number of aliphatic carboxylic acids is 1. The molecule has 1 saturated heterocycles. The van der Waals surface area contributed by atoms with E-state index in [0.717, 1.165) is 18.9 Å². The van der Waals surface area contributed by atoms with Gasteiger partial charge in [0.1, 0.15) is 11.9 Å². The van der Waals surface area contributed by atoms with E-state index in [1.165, 1.54) is 17.0 Å². The molecular weight excluding hydrogens is 287 g/mol. The number of piperidine rings is 1. The predicted octanol–water partition coefficient (Wildman–Crippen LogP) is 0.917. The average Bonchev–Trinajstić information content (AvgIpc) is 2.37. The molecule has 6 nitrogen and oxygen atoms in total. The van der Waals surface area contributed by atoms with Crippen LogP contribution in [0.4, 0.5) is 10.1 Å². The molecule has 0 amide bonds. The van der Waals surface area contributed by atoms with Crippen LogP contribution in [0.3, 0.4) is 0 Å². The Balaban J connectivity index is 2.39. The van der Waals surface area contributed by atoms with E-state index < -0.39 is 27.9 Å². The van der Waals surface area contributed by atoms with Gasteiger partial charge in [0.25, 0.3) is 0 Å². The number of sulfonamides is 1. The molecule has 0 saturated carbocycles. The van der Waals surface area contributed by atoms with Crippen molar-refractivity contribution in [3.63, 3.8) is 0 Å². The second-order valence-electron chi connectivity index (χ2n) is 4.70. The molecule has 1 aliphatic heterocycles. The second kappa shape index (κ2) is 5.37. The van der Waals surface area contributed by atoms with Crippen molar-refractivity contribution in [2.75, 3.05) is 11.4 Å². The highest BCUT2D eigenvalue weighted by Gasteiger charge is 2.30. The molecule has 1 aliphatic rings. The first-order chi connectivity index (χ1) is 9.30. The Morgan fingerprint density at radius 2 is 2.10 bits per heavy atom. The quantitative estimate of drug-likeness (QED) is 0.864. The number of hydrogen-bond acceptors (Lipinski definition) is 4. The lowest BCUT2D eigenvalue weighted by Gasteiger charge is -2.35. The summed E-state index contributed by atoms with van der Waals surface area (Å²) in [5.41, 5.74) is 0.0875. The number of anilines is 1. The Morgan fingerprint density at radius 1 is 1.40 bits per heavy atom. The minimum atomic E-state index is -3.98. The standard InChI is InChI=1S/C12H15FN2O4S/c13-9-7-8(20(14,18)19)4-5-10(9)15-6-2-1-3-11(15)12(16)17/h4-5,7,11H,1-3,6H2,(H,16,17)(H2,14,18,19). The minimum absolute atomic E-state index is 0.0875. The summed E-state index contributed by atoms with van der Waals surface area (Å²) in [5, 5.41) is 14.1. The zero-order chi connectivity index (χ0) is 14.9. The molecule has 1 aromatic rings. The fraction of sp³-hybridized carbons (Fsp3) is 0.417. The first-order valence-corrected chi connectivity index (χ1v) is 7.67. The number of halogens is 1. The smallest absolute Gasteiger partial charge is 0.326 e. The molecule has 0 aromatic heterocycles. The molecule has 110 valence electrons. The monoisotopic (exact) mass is 302 g/mol. The Morgan fingerprint density at radius 3 is 2.65 bits per heavy atom. The van der Waals surface area contributed by atoms with Gasteiger partial charge in [0.15, 0.2) is 0 Å². The summed E-state index contributed by atoms with van der Waals surface area (Å²) in [6.07, 6.45) is 1.97. The van der Waals surface area contributed by atoms with Crippen LogP contribution in [0.1, 0.15) is 19.3 Å². The molecule has 3 N–H and O–H groups in total. The molecule has 1 atom stereocenters. The van der Waals surface area contributed by atoms with Gasteiger partial charge in [0, 0.05) is 6.54 Å². The van der Waals surface area contributed by atoms with E-state index in [1.54, 1.807) is 0 Å². The number of hydrogen-bond donors (Lipinski definition) is 2. The molecular formula is C12H15FN2O4S. The highest BCUT2D eigenvalue weighted by molar-refractivity contribution is 7.89. The summed E-state index contributed by atoms with van der Waals surface area (Å²) in [7, 11) is -3.98. The summed E-state index contributed by atoms with van der Waals surface area (Å²) in [5.74, 6) is -1.80. The van der Waals surface area contributed by atoms with Crippen LogP contribution in [-0.4, -0.2) is 32.1 Å². The zero-order valence-electron chi connectivity index (χ0n) is 10.6. The summed E-state index contributed by atoms with van der Waals surface area (Å²) < 4.78 is 36.3. The van der Waals surface area contributed by atoms with Crippen LogP contribution >= 0.6 is 0 Å². The normalized spacial score (nSPS) is 19.9.